The Morgan fingerprint density at radius 2 is 1.82 bits per heavy atom. The first-order valence-electron chi connectivity index (χ1n) is 9.82. The lowest BCUT2D eigenvalue weighted by Gasteiger charge is -2.66. The van der Waals surface area contributed by atoms with Gasteiger partial charge in [0.1, 0.15) is 10.5 Å². The molecule has 0 aliphatic carbocycles. The monoisotopic (exact) mass is 385 g/mol. The maximum absolute atomic E-state index is 4.86. The van der Waals surface area contributed by atoms with E-state index in [9.17, 15) is 0 Å². The fraction of sp³-hybridized carbons (Fsp3) is 0.261. The highest BCUT2D eigenvalue weighted by Gasteiger charge is 2.66. The number of benzene rings is 1. The van der Waals surface area contributed by atoms with Crippen molar-refractivity contribution in [3.63, 3.8) is 0 Å². The van der Waals surface area contributed by atoms with Gasteiger partial charge in [-0.1, -0.05) is 12.1 Å². The smallest absolute Gasteiger partial charge is 0.227 e. The zero-order valence-corrected chi connectivity index (χ0v) is 16.6. The predicted molar refractivity (Wildman–Crippen MR) is 115 cm³/mol. The van der Waals surface area contributed by atoms with Crippen LogP contribution in [-0.2, 0) is 0 Å². The average Bonchev–Trinajstić information content (AvgIpc) is 3.18. The summed E-state index contributed by atoms with van der Waals surface area (Å²) in [6.07, 6.45) is 8.37. The van der Waals surface area contributed by atoms with Gasteiger partial charge in [0, 0.05) is 35.8 Å². The summed E-state index contributed by atoms with van der Waals surface area (Å²) in [7, 11) is 0. The van der Waals surface area contributed by atoms with E-state index in [1.54, 1.807) is 17.5 Å². The molecule has 0 amide bonds. The number of pyridine rings is 2. The van der Waals surface area contributed by atoms with Crippen LogP contribution < -0.4 is 4.48 Å². The summed E-state index contributed by atoms with van der Waals surface area (Å²) in [4.78, 5) is 13.9. The number of hydrogen-bond donors (Lipinski definition) is 0. The summed E-state index contributed by atoms with van der Waals surface area (Å²) in [5, 5.41) is 1.03. The van der Waals surface area contributed by atoms with Crippen molar-refractivity contribution >= 4 is 27.4 Å². The SMILES string of the molecule is CC12CC[N+]1(c1ccc(-c3nc4ccc(-c5cccnc5)cc4s3)cn1)CC2. The lowest BCUT2D eigenvalue weighted by atomic mass is 9.71. The molecule has 0 N–H and O–H groups in total. The lowest BCUT2D eigenvalue weighted by Crippen LogP contribution is -2.83. The van der Waals surface area contributed by atoms with Crippen LogP contribution in [0.4, 0.5) is 5.82 Å². The average molecular weight is 386 g/mol. The van der Waals surface area contributed by atoms with Gasteiger partial charge in [-0.3, -0.25) is 9.47 Å². The van der Waals surface area contributed by atoms with E-state index in [-0.39, 0.29) is 0 Å². The summed E-state index contributed by atoms with van der Waals surface area (Å²) in [6.45, 7) is 4.88. The minimum atomic E-state index is 0.438. The number of piperidine rings is 1. The standard InChI is InChI=1S/C23H21N4S/c1-23-8-11-27(23,12-9-23)21-7-5-18(15-25-21)22-26-19-6-4-16(13-20(19)28-22)17-3-2-10-24-14-17/h2-7,10,13-15H,8-9,11-12H2,1H3/q+1. The molecule has 2 fully saturated rings. The topological polar surface area (TPSA) is 38.7 Å². The third kappa shape index (κ3) is 2.17. The number of hydrogen-bond acceptors (Lipinski definition) is 4. The quantitative estimate of drug-likeness (QED) is 0.450. The Balaban J connectivity index is 1.34. The Morgan fingerprint density at radius 3 is 2.46 bits per heavy atom. The maximum Gasteiger partial charge on any atom is 0.227 e. The molecule has 0 saturated carbocycles. The molecule has 4 aromatic rings. The van der Waals surface area contributed by atoms with E-state index >= 15 is 0 Å². The van der Waals surface area contributed by atoms with Crippen LogP contribution in [-0.4, -0.2) is 33.6 Å². The first kappa shape index (κ1) is 16.3. The van der Waals surface area contributed by atoms with Gasteiger partial charge in [0.15, 0.2) is 0 Å². The van der Waals surface area contributed by atoms with E-state index < -0.39 is 0 Å². The highest BCUT2D eigenvalue weighted by atomic mass is 32.1. The Kier molecular flexibility index (Phi) is 3.32. The molecule has 0 unspecified atom stereocenters. The van der Waals surface area contributed by atoms with Crippen molar-refractivity contribution in [3.05, 3.63) is 61.1 Å². The summed E-state index contributed by atoms with van der Waals surface area (Å²) in [6, 6.07) is 14.9. The van der Waals surface area contributed by atoms with E-state index in [0.717, 1.165) is 26.1 Å². The minimum Gasteiger partial charge on any atom is -0.269 e. The zero-order chi connectivity index (χ0) is 18.8. The van der Waals surface area contributed by atoms with Gasteiger partial charge in [-0.15, -0.1) is 11.3 Å². The van der Waals surface area contributed by atoms with Crippen molar-refractivity contribution in [1.82, 2.24) is 19.4 Å². The van der Waals surface area contributed by atoms with Crippen molar-refractivity contribution in [2.75, 3.05) is 13.1 Å². The molecule has 5 heteroatoms. The minimum absolute atomic E-state index is 0.438. The van der Waals surface area contributed by atoms with E-state index in [2.05, 4.69) is 48.3 Å². The van der Waals surface area contributed by atoms with Gasteiger partial charge in [0.2, 0.25) is 5.82 Å². The molecule has 6 rings (SSSR count). The van der Waals surface area contributed by atoms with Crippen LogP contribution in [0.25, 0.3) is 31.9 Å². The van der Waals surface area contributed by atoms with Gasteiger partial charge >= 0.3 is 0 Å². The van der Waals surface area contributed by atoms with Crippen LogP contribution in [0.5, 0.6) is 0 Å². The molecule has 0 radical (unpaired) electrons. The molecule has 0 spiro atoms. The molecular weight excluding hydrogens is 364 g/mol. The highest BCUT2D eigenvalue weighted by molar-refractivity contribution is 7.21. The van der Waals surface area contributed by atoms with Crippen LogP contribution in [0, 0.1) is 0 Å². The molecule has 4 nitrogen and oxygen atoms in total. The highest BCUT2D eigenvalue weighted by Crippen LogP contribution is 2.53. The number of rotatable bonds is 3. The van der Waals surface area contributed by atoms with E-state index in [4.69, 9.17) is 9.97 Å². The summed E-state index contributed by atoms with van der Waals surface area (Å²) in [5.41, 5.74) is 4.89. The Hall–Kier alpha value is -2.63. The Morgan fingerprint density at radius 1 is 0.964 bits per heavy atom. The third-order valence-electron chi connectivity index (χ3n) is 6.91. The number of thiazole rings is 1. The number of quaternary nitrogens is 1. The lowest BCUT2D eigenvalue weighted by molar-refractivity contribution is -0.0833. The van der Waals surface area contributed by atoms with Crippen LogP contribution in [0.3, 0.4) is 0 Å². The molecule has 2 aliphatic heterocycles. The van der Waals surface area contributed by atoms with Crippen LogP contribution in [0.15, 0.2) is 61.1 Å². The normalized spacial score (nSPS) is 25.8. The van der Waals surface area contributed by atoms with Crippen molar-refractivity contribution in [1.29, 1.82) is 0 Å². The molecule has 28 heavy (non-hydrogen) atoms. The second-order valence-electron chi connectivity index (χ2n) is 8.26. The molecule has 0 bridgehead atoms. The fourth-order valence-electron chi connectivity index (χ4n) is 4.80. The maximum atomic E-state index is 4.86. The van der Waals surface area contributed by atoms with Gasteiger partial charge in [0.25, 0.3) is 0 Å². The summed E-state index contributed by atoms with van der Waals surface area (Å²) >= 11 is 1.73. The molecular formula is C23H21N4S+. The Labute approximate surface area is 168 Å². The molecule has 5 heterocycles. The van der Waals surface area contributed by atoms with E-state index in [1.807, 2.05) is 18.5 Å². The van der Waals surface area contributed by atoms with Crippen LogP contribution in [0.2, 0.25) is 0 Å². The zero-order valence-electron chi connectivity index (χ0n) is 15.8. The molecule has 0 atom stereocenters. The van der Waals surface area contributed by atoms with Gasteiger partial charge in [-0.05, 0) is 36.8 Å². The van der Waals surface area contributed by atoms with Crippen LogP contribution in [0.1, 0.15) is 19.8 Å². The first-order chi connectivity index (χ1) is 13.7. The molecule has 2 aliphatic rings. The largest absolute Gasteiger partial charge is 0.269 e. The van der Waals surface area contributed by atoms with Crippen molar-refractivity contribution in [2.45, 2.75) is 25.3 Å². The molecule has 138 valence electrons. The fourth-order valence-corrected chi connectivity index (χ4v) is 5.79. The number of aromatic nitrogens is 3. The summed E-state index contributed by atoms with van der Waals surface area (Å²) in [5.74, 6) is 1.23. The van der Waals surface area contributed by atoms with E-state index in [0.29, 0.717) is 5.54 Å². The number of fused-ring (bicyclic) bond motifs is 2. The predicted octanol–water partition coefficient (Wildman–Crippen LogP) is 5.29. The molecule has 3 aromatic heterocycles. The third-order valence-corrected chi connectivity index (χ3v) is 7.98. The van der Waals surface area contributed by atoms with E-state index in [1.165, 1.54) is 42.0 Å². The summed E-state index contributed by atoms with van der Waals surface area (Å²) < 4.78 is 2.28. The van der Waals surface area contributed by atoms with Crippen LogP contribution >= 0.6 is 11.3 Å². The second kappa shape index (κ2) is 5.69. The number of nitrogens with zero attached hydrogens (tertiary/aromatic N) is 4. The Bertz CT molecular complexity index is 1170. The van der Waals surface area contributed by atoms with Gasteiger partial charge < -0.3 is 0 Å². The van der Waals surface area contributed by atoms with Crippen molar-refractivity contribution in [2.24, 2.45) is 0 Å². The van der Waals surface area contributed by atoms with Crippen molar-refractivity contribution in [3.8, 4) is 21.7 Å². The molecule has 2 saturated heterocycles. The second-order valence-corrected chi connectivity index (χ2v) is 9.29. The van der Waals surface area contributed by atoms with Crippen molar-refractivity contribution < 1.29 is 0 Å². The first-order valence-corrected chi connectivity index (χ1v) is 10.6. The van der Waals surface area contributed by atoms with Gasteiger partial charge in [-0.25, -0.2) is 9.97 Å². The molecule has 1 aromatic carbocycles. The van der Waals surface area contributed by atoms with Gasteiger partial charge in [0.05, 0.1) is 36.1 Å². The van der Waals surface area contributed by atoms with Gasteiger partial charge in [-0.2, -0.15) is 0 Å².